The number of hydrogen-bond donors (Lipinski definition) is 2. The molecule has 16 heavy (non-hydrogen) atoms. The molecule has 0 aromatic heterocycles. The topological polar surface area (TPSA) is 67.6 Å². The van der Waals surface area contributed by atoms with Crippen molar-refractivity contribution < 1.29 is 9.53 Å². The summed E-state index contributed by atoms with van der Waals surface area (Å²) in [6, 6.07) is -0.291. The normalized spacial score (nSPS) is 27.4. The largest absolute Gasteiger partial charge is 0.497 e. The number of amides is 1. The first-order valence-corrected chi connectivity index (χ1v) is 5.82. The minimum absolute atomic E-state index is 0.190. The van der Waals surface area contributed by atoms with Crippen LogP contribution in [-0.2, 0) is 9.53 Å². The Morgan fingerprint density at radius 3 is 2.75 bits per heavy atom. The van der Waals surface area contributed by atoms with E-state index in [-0.39, 0.29) is 5.91 Å². The van der Waals surface area contributed by atoms with Gasteiger partial charge in [-0.3, -0.25) is 15.2 Å². The zero-order valence-electron chi connectivity index (χ0n) is 9.61. The van der Waals surface area contributed by atoms with Crippen molar-refractivity contribution in [1.29, 1.82) is 0 Å². The van der Waals surface area contributed by atoms with Crippen molar-refractivity contribution in [3.8, 4) is 0 Å². The van der Waals surface area contributed by atoms with Gasteiger partial charge >= 0.3 is 0 Å². The van der Waals surface area contributed by atoms with Crippen LogP contribution in [0.4, 0.5) is 0 Å². The average Bonchev–Trinajstić information content (AvgIpc) is 2.33. The van der Waals surface area contributed by atoms with E-state index in [0.29, 0.717) is 11.8 Å². The molecule has 1 aliphatic carbocycles. The first-order valence-electron chi connectivity index (χ1n) is 5.82. The summed E-state index contributed by atoms with van der Waals surface area (Å²) in [5, 5.41) is 1.86. The molecule has 0 aromatic rings. The molecule has 1 aliphatic heterocycles. The number of ether oxygens (including phenoxy) is 1. The van der Waals surface area contributed by atoms with Gasteiger partial charge in [0.2, 0.25) is 0 Å². The van der Waals surface area contributed by atoms with Crippen LogP contribution in [0.1, 0.15) is 32.1 Å². The number of carbonyl (C=O) groups excluding carboxylic acids is 1. The van der Waals surface area contributed by atoms with Gasteiger partial charge < -0.3 is 10.5 Å². The van der Waals surface area contributed by atoms with Crippen LogP contribution in [0.15, 0.2) is 12.0 Å². The van der Waals surface area contributed by atoms with Crippen LogP contribution >= 0.6 is 0 Å². The summed E-state index contributed by atoms with van der Waals surface area (Å²) < 4.78 is 5.13. The molecule has 0 spiro atoms. The number of methoxy groups -OCH3 is 1. The zero-order valence-corrected chi connectivity index (χ0v) is 9.61. The number of nitrogens with two attached hydrogens (primary N) is 1. The molecule has 2 rings (SSSR count). The Morgan fingerprint density at radius 2 is 2.12 bits per heavy atom. The van der Waals surface area contributed by atoms with Crippen LogP contribution < -0.4 is 11.2 Å². The Bertz CT molecular complexity index is 298. The van der Waals surface area contributed by atoms with Gasteiger partial charge in [0.15, 0.2) is 0 Å². The highest BCUT2D eigenvalue weighted by atomic mass is 16.5. The quantitative estimate of drug-likeness (QED) is 0.717. The summed E-state index contributed by atoms with van der Waals surface area (Å²) in [4.78, 5) is 11.6. The third-order valence-electron chi connectivity index (χ3n) is 3.30. The molecular weight excluding hydrogens is 206 g/mol. The third kappa shape index (κ3) is 2.14. The van der Waals surface area contributed by atoms with Gasteiger partial charge in [-0.15, -0.1) is 0 Å². The van der Waals surface area contributed by atoms with Gasteiger partial charge in [-0.25, -0.2) is 0 Å². The molecule has 3 N–H and O–H groups in total. The first kappa shape index (κ1) is 11.3. The van der Waals surface area contributed by atoms with E-state index < -0.39 is 6.04 Å². The lowest BCUT2D eigenvalue weighted by molar-refractivity contribution is -0.128. The smallest absolute Gasteiger partial charge is 0.263 e. The van der Waals surface area contributed by atoms with E-state index >= 15 is 0 Å². The second-order valence-electron chi connectivity index (χ2n) is 4.39. The molecule has 5 heteroatoms. The fourth-order valence-corrected chi connectivity index (χ4v) is 2.31. The SMILES string of the molecule is COC1=CN(C2CCCCC2)NC(=O)C1N. The second kappa shape index (κ2) is 4.74. The highest BCUT2D eigenvalue weighted by molar-refractivity contribution is 5.84. The number of hydrazine groups is 1. The second-order valence-corrected chi connectivity index (χ2v) is 4.39. The molecule has 1 amide bonds. The summed E-state index contributed by atoms with van der Waals surface area (Å²) in [5.74, 6) is 0.347. The molecule has 0 radical (unpaired) electrons. The fraction of sp³-hybridized carbons (Fsp3) is 0.727. The standard InChI is InChI=1S/C11H19N3O2/c1-16-9-7-14(13-11(15)10(9)12)8-5-3-2-4-6-8/h7-8,10H,2-6,12H2,1H3,(H,13,15). The van der Waals surface area contributed by atoms with E-state index in [0.717, 1.165) is 12.8 Å². The van der Waals surface area contributed by atoms with Crippen LogP contribution in [0.3, 0.4) is 0 Å². The van der Waals surface area contributed by atoms with E-state index in [1.54, 1.807) is 7.11 Å². The van der Waals surface area contributed by atoms with Gasteiger partial charge in [-0.05, 0) is 12.8 Å². The monoisotopic (exact) mass is 225 g/mol. The summed E-state index contributed by atoms with van der Waals surface area (Å²) in [5.41, 5.74) is 8.51. The van der Waals surface area contributed by atoms with Crippen LogP contribution in [0.5, 0.6) is 0 Å². The number of carbonyl (C=O) groups is 1. The summed E-state index contributed by atoms with van der Waals surface area (Å²) in [7, 11) is 1.54. The summed E-state index contributed by atoms with van der Waals surface area (Å²) in [6.07, 6.45) is 7.78. The molecule has 1 unspecified atom stereocenters. The Labute approximate surface area is 95.6 Å². The fourth-order valence-electron chi connectivity index (χ4n) is 2.31. The van der Waals surface area contributed by atoms with Crippen molar-refractivity contribution in [2.45, 2.75) is 44.2 Å². The summed E-state index contributed by atoms with van der Waals surface area (Å²) in [6.45, 7) is 0. The highest BCUT2D eigenvalue weighted by Crippen LogP contribution is 2.23. The molecule has 0 aromatic carbocycles. The lowest BCUT2D eigenvalue weighted by Crippen LogP contribution is -2.56. The van der Waals surface area contributed by atoms with Gasteiger partial charge in [0, 0.05) is 6.04 Å². The molecule has 0 saturated heterocycles. The van der Waals surface area contributed by atoms with E-state index in [4.69, 9.17) is 10.5 Å². The molecule has 2 aliphatic rings. The average molecular weight is 225 g/mol. The van der Waals surface area contributed by atoms with E-state index in [1.165, 1.54) is 19.3 Å². The molecule has 0 bridgehead atoms. The zero-order chi connectivity index (χ0) is 11.5. The number of nitrogens with zero attached hydrogens (tertiary/aromatic N) is 1. The van der Waals surface area contributed by atoms with Gasteiger partial charge in [-0.1, -0.05) is 19.3 Å². The first-order chi connectivity index (χ1) is 7.72. The Balaban J connectivity index is 2.09. The van der Waals surface area contributed by atoms with Crippen LogP contribution in [-0.4, -0.2) is 30.1 Å². The number of rotatable bonds is 2. The molecular formula is C11H19N3O2. The summed E-state index contributed by atoms with van der Waals surface area (Å²) >= 11 is 0. The minimum atomic E-state index is -0.676. The maximum Gasteiger partial charge on any atom is 0.263 e. The predicted octanol–water partition coefficient (Wildman–Crippen LogP) is 0.481. The van der Waals surface area contributed by atoms with Crippen molar-refractivity contribution in [3.63, 3.8) is 0 Å². The third-order valence-corrected chi connectivity index (χ3v) is 3.30. The van der Waals surface area contributed by atoms with E-state index in [2.05, 4.69) is 5.43 Å². The van der Waals surface area contributed by atoms with Crippen molar-refractivity contribution in [3.05, 3.63) is 12.0 Å². The van der Waals surface area contributed by atoms with Gasteiger partial charge in [0.25, 0.3) is 5.91 Å². The van der Waals surface area contributed by atoms with Crippen molar-refractivity contribution in [2.75, 3.05) is 7.11 Å². The van der Waals surface area contributed by atoms with Gasteiger partial charge in [0.05, 0.1) is 13.3 Å². The van der Waals surface area contributed by atoms with Crippen molar-refractivity contribution in [2.24, 2.45) is 5.73 Å². The van der Waals surface area contributed by atoms with Crippen LogP contribution in [0.25, 0.3) is 0 Å². The molecule has 1 saturated carbocycles. The Kier molecular flexibility index (Phi) is 3.33. The van der Waals surface area contributed by atoms with Crippen molar-refractivity contribution >= 4 is 5.91 Å². The molecule has 90 valence electrons. The van der Waals surface area contributed by atoms with Gasteiger partial charge in [-0.2, -0.15) is 0 Å². The molecule has 5 nitrogen and oxygen atoms in total. The van der Waals surface area contributed by atoms with Crippen molar-refractivity contribution in [1.82, 2.24) is 10.4 Å². The predicted molar refractivity (Wildman–Crippen MR) is 59.9 cm³/mol. The van der Waals surface area contributed by atoms with E-state index in [9.17, 15) is 4.79 Å². The maximum atomic E-state index is 11.6. The van der Waals surface area contributed by atoms with Crippen LogP contribution in [0, 0.1) is 0 Å². The van der Waals surface area contributed by atoms with Crippen LogP contribution in [0.2, 0.25) is 0 Å². The number of hydrogen-bond acceptors (Lipinski definition) is 4. The molecule has 1 fully saturated rings. The Morgan fingerprint density at radius 1 is 1.44 bits per heavy atom. The lowest BCUT2D eigenvalue weighted by atomic mass is 9.95. The highest BCUT2D eigenvalue weighted by Gasteiger charge is 2.30. The van der Waals surface area contributed by atoms with E-state index in [1.807, 2.05) is 11.2 Å². The van der Waals surface area contributed by atoms with Gasteiger partial charge in [0.1, 0.15) is 11.8 Å². The lowest BCUT2D eigenvalue weighted by Gasteiger charge is -2.37. The Hall–Kier alpha value is -1.23. The number of nitrogens with one attached hydrogen (secondary N) is 1. The maximum absolute atomic E-state index is 11.6. The minimum Gasteiger partial charge on any atom is -0.497 e. The molecule has 1 atom stereocenters. The molecule has 1 heterocycles.